The van der Waals surface area contributed by atoms with Crippen LogP contribution in [-0.4, -0.2) is 9.97 Å². The van der Waals surface area contributed by atoms with E-state index in [4.69, 9.17) is 10.2 Å². The van der Waals surface area contributed by atoms with Gasteiger partial charge in [0.05, 0.1) is 9.26 Å². The third kappa shape index (κ3) is 2.03. The third-order valence-electron chi connectivity index (χ3n) is 2.83. The molecule has 0 unspecified atom stereocenters. The first kappa shape index (κ1) is 11.0. The molecule has 3 rings (SSSR count). The van der Waals surface area contributed by atoms with Crippen molar-refractivity contribution in [1.82, 2.24) is 9.97 Å². The molecule has 5 heteroatoms. The van der Waals surface area contributed by atoms with Gasteiger partial charge in [-0.1, -0.05) is 0 Å². The van der Waals surface area contributed by atoms with Crippen LogP contribution in [0.1, 0.15) is 30.2 Å². The first-order valence-corrected chi connectivity index (χ1v) is 6.62. The van der Waals surface area contributed by atoms with Crippen LogP contribution in [-0.2, 0) is 0 Å². The lowest BCUT2D eigenvalue weighted by Crippen LogP contribution is -2.03. The van der Waals surface area contributed by atoms with Crippen molar-refractivity contribution in [2.45, 2.75) is 25.7 Å². The number of furan rings is 1. The predicted molar refractivity (Wildman–Crippen MR) is 73.6 cm³/mol. The van der Waals surface area contributed by atoms with Gasteiger partial charge in [-0.05, 0) is 54.5 Å². The summed E-state index contributed by atoms with van der Waals surface area (Å²) in [5.74, 6) is 3.24. The summed E-state index contributed by atoms with van der Waals surface area (Å²) in [4.78, 5) is 8.88. The third-order valence-corrected chi connectivity index (χ3v) is 3.93. The Kier molecular flexibility index (Phi) is 2.57. The predicted octanol–water partition coefficient (Wildman–Crippen LogP) is 3.11. The molecule has 4 nitrogen and oxygen atoms in total. The molecular formula is C12H12IN3O. The molecule has 0 aromatic carbocycles. The molecule has 2 aromatic rings. The van der Waals surface area contributed by atoms with Crippen LogP contribution in [0.15, 0.2) is 16.5 Å². The lowest BCUT2D eigenvalue weighted by molar-refractivity contribution is 0.543. The molecule has 1 saturated carbocycles. The van der Waals surface area contributed by atoms with Crippen LogP contribution in [0.25, 0.3) is 11.6 Å². The van der Waals surface area contributed by atoms with Crippen LogP contribution >= 0.6 is 22.6 Å². The Morgan fingerprint density at radius 2 is 2.12 bits per heavy atom. The number of halogens is 1. The zero-order chi connectivity index (χ0) is 12.0. The van der Waals surface area contributed by atoms with E-state index < -0.39 is 0 Å². The fraction of sp³-hybridized carbons (Fsp3) is 0.333. The van der Waals surface area contributed by atoms with Gasteiger partial charge in [0, 0.05) is 5.92 Å². The van der Waals surface area contributed by atoms with E-state index in [1.807, 2.05) is 19.1 Å². The Morgan fingerprint density at radius 3 is 2.71 bits per heavy atom. The van der Waals surface area contributed by atoms with E-state index in [1.54, 1.807) is 0 Å². The van der Waals surface area contributed by atoms with Crippen molar-refractivity contribution in [1.29, 1.82) is 0 Å². The minimum absolute atomic E-state index is 0.548. The molecule has 0 aliphatic heterocycles. The van der Waals surface area contributed by atoms with Gasteiger partial charge in [-0.2, -0.15) is 0 Å². The molecule has 17 heavy (non-hydrogen) atoms. The van der Waals surface area contributed by atoms with Gasteiger partial charge in [0.1, 0.15) is 11.6 Å². The number of nitrogen functional groups attached to an aromatic ring is 1. The summed E-state index contributed by atoms with van der Waals surface area (Å²) in [6.07, 6.45) is 2.39. The molecule has 1 aliphatic rings. The second kappa shape index (κ2) is 3.97. The fourth-order valence-corrected chi connectivity index (χ4v) is 2.46. The smallest absolute Gasteiger partial charge is 0.197 e. The van der Waals surface area contributed by atoms with E-state index in [0.717, 1.165) is 15.0 Å². The largest absolute Gasteiger partial charge is 0.458 e. The number of hydrogen-bond acceptors (Lipinski definition) is 4. The lowest BCUT2D eigenvalue weighted by atomic mass is 10.2. The number of rotatable bonds is 2. The molecule has 0 atom stereocenters. The van der Waals surface area contributed by atoms with Gasteiger partial charge in [0.15, 0.2) is 11.6 Å². The van der Waals surface area contributed by atoms with Crippen LogP contribution < -0.4 is 5.73 Å². The van der Waals surface area contributed by atoms with Crippen LogP contribution in [0.3, 0.4) is 0 Å². The molecule has 2 N–H and O–H groups in total. The molecule has 2 aromatic heterocycles. The van der Waals surface area contributed by atoms with Gasteiger partial charge in [-0.15, -0.1) is 0 Å². The normalized spacial score (nSPS) is 15.2. The second-order valence-electron chi connectivity index (χ2n) is 4.32. The number of anilines is 1. The van der Waals surface area contributed by atoms with E-state index in [0.29, 0.717) is 23.3 Å². The van der Waals surface area contributed by atoms with Crippen molar-refractivity contribution in [3.63, 3.8) is 0 Å². The topological polar surface area (TPSA) is 64.9 Å². The van der Waals surface area contributed by atoms with Crippen molar-refractivity contribution >= 4 is 28.4 Å². The average molecular weight is 341 g/mol. The number of aryl methyl sites for hydroxylation is 1. The quantitative estimate of drug-likeness (QED) is 0.853. The van der Waals surface area contributed by atoms with Crippen LogP contribution in [0.2, 0.25) is 0 Å². The van der Waals surface area contributed by atoms with Crippen molar-refractivity contribution in [3.05, 3.63) is 27.2 Å². The first-order chi connectivity index (χ1) is 8.15. The standard InChI is InChI=1S/C12H12IN3O/c1-6-2-5-8(17-6)12-15-10(7-3-4-7)9(13)11(14)16-12/h2,5,7H,3-4H2,1H3,(H2,14,15,16). The van der Waals surface area contributed by atoms with Gasteiger partial charge in [0.25, 0.3) is 0 Å². The number of nitrogens with zero attached hydrogens (tertiary/aromatic N) is 2. The van der Waals surface area contributed by atoms with E-state index in [2.05, 4.69) is 32.6 Å². The Balaban J connectivity index is 2.11. The van der Waals surface area contributed by atoms with Crippen molar-refractivity contribution in [2.75, 3.05) is 5.73 Å². The van der Waals surface area contributed by atoms with E-state index in [-0.39, 0.29) is 0 Å². The molecule has 0 bridgehead atoms. The van der Waals surface area contributed by atoms with Gasteiger partial charge < -0.3 is 10.2 Å². The lowest BCUT2D eigenvalue weighted by Gasteiger charge is -2.06. The monoisotopic (exact) mass is 341 g/mol. The summed E-state index contributed by atoms with van der Waals surface area (Å²) in [6.45, 7) is 1.90. The minimum Gasteiger partial charge on any atom is -0.458 e. The summed E-state index contributed by atoms with van der Waals surface area (Å²) in [5.41, 5.74) is 7.00. The molecule has 0 spiro atoms. The fourth-order valence-electron chi connectivity index (χ4n) is 1.77. The van der Waals surface area contributed by atoms with Crippen LogP contribution in [0, 0.1) is 10.5 Å². The van der Waals surface area contributed by atoms with Gasteiger partial charge in [-0.25, -0.2) is 9.97 Å². The summed E-state index contributed by atoms with van der Waals surface area (Å²) in [7, 11) is 0. The first-order valence-electron chi connectivity index (χ1n) is 5.55. The summed E-state index contributed by atoms with van der Waals surface area (Å²) < 4.78 is 6.52. The van der Waals surface area contributed by atoms with E-state index in [1.165, 1.54) is 12.8 Å². The molecule has 1 fully saturated rings. The maximum atomic E-state index is 5.93. The Bertz CT molecular complexity index is 575. The number of aromatic nitrogens is 2. The SMILES string of the molecule is Cc1ccc(-c2nc(N)c(I)c(C3CC3)n2)o1. The maximum Gasteiger partial charge on any atom is 0.197 e. The van der Waals surface area contributed by atoms with Gasteiger partial charge >= 0.3 is 0 Å². The Morgan fingerprint density at radius 1 is 1.35 bits per heavy atom. The summed E-state index contributed by atoms with van der Waals surface area (Å²) in [5, 5.41) is 0. The van der Waals surface area contributed by atoms with Crippen molar-refractivity contribution < 1.29 is 4.42 Å². The van der Waals surface area contributed by atoms with Crippen LogP contribution in [0.5, 0.6) is 0 Å². The zero-order valence-corrected chi connectivity index (χ0v) is 11.6. The van der Waals surface area contributed by atoms with E-state index >= 15 is 0 Å². The van der Waals surface area contributed by atoms with Gasteiger partial charge in [-0.3, -0.25) is 0 Å². The maximum absolute atomic E-state index is 5.93. The number of nitrogens with two attached hydrogens (primary N) is 1. The molecule has 1 aliphatic carbocycles. The van der Waals surface area contributed by atoms with Gasteiger partial charge in [0.2, 0.25) is 0 Å². The minimum atomic E-state index is 0.548. The number of hydrogen-bond donors (Lipinski definition) is 1. The summed E-state index contributed by atoms with van der Waals surface area (Å²) in [6, 6.07) is 3.79. The molecule has 0 saturated heterocycles. The molecule has 2 heterocycles. The van der Waals surface area contributed by atoms with Crippen molar-refractivity contribution in [2.24, 2.45) is 0 Å². The highest BCUT2D eigenvalue weighted by Crippen LogP contribution is 2.42. The van der Waals surface area contributed by atoms with E-state index in [9.17, 15) is 0 Å². The Hall–Kier alpha value is -1.11. The van der Waals surface area contributed by atoms with Crippen molar-refractivity contribution in [3.8, 4) is 11.6 Å². The molecule has 0 radical (unpaired) electrons. The highest BCUT2D eigenvalue weighted by molar-refractivity contribution is 14.1. The van der Waals surface area contributed by atoms with Crippen LogP contribution in [0.4, 0.5) is 5.82 Å². The second-order valence-corrected chi connectivity index (χ2v) is 5.39. The molecular weight excluding hydrogens is 329 g/mol. The highest BCUT2D eigenvalue weighted by Gasteiger charge is 2.29. The average Bonchev–Trinajstić information content (AvgIpc) is 3.05. The molecule has 0 amide bonds. The molecule has 88 valence electrons. The summed E-state index contributed by atoms with van der Waals surface area (Å²) >= 11 is 2.22. The zero-order valence-electron chi connectivity index (χ0n) is 9.40. The highest BCUT2D eigenvalue weighted by atomic mass is 127. The Labute approximate surface area is 113 Å².